The molecule has 1 aliphatic carbocycles. The van der Waals surface area contributed by atoms with Crippen LogP contribution in [0.1, 0.15) is 39.5 Å². The summed E-state index contributed by atoms with van der Waals surface area (Å²) in [5.41, 5.74) is 0. The number of halogens is 1. The predicted octanol–water partition coefficient (Wildman–Crippen LogP) is 1.99. The van der Waals surface area contributed by atoms with Gasteiger partial charge in [-0.2, -0.15) is 0 Å². The van der Waals surface area contributed by atoms with Crippen LogP contribution in [-0.2, 0) is 0 Å². The fourth-order valence-electron chi connectivity index (χ4n) is 1.82. The molecule has 0 saturated heterocycles. The van der Waals surface area contributed by atoms with Crippen molar-refractivity contribution in [3.8, 4) is 0 Å². The van der Waals surface area contributed by atoms with E-state index in [1.807, 2.05) is 0 Å². The first-order chi connectivity index (χ1) is 4.72. The van der Waals surface area contributed by atoms with Gasteiger partial charge in [-0.3, -0.25) is 0 Å². The number of alkyl halides is 1. The van der Waals surface area contributed by atoms with Crippen molar-refractivity contribution in [3.05, 3.63) is 0 Å². The van der Waals surface area contributed by atoms with Crippen LogP contribution in [0, 0.1) is 11.8 Å². The molecule has 0 aromatic rings. The van der Waals surface area contributed by atoms with E-state index in [9.17, 15) is 0 Å². The van der Waals surface area contributed by atoms with Gasteiger partial charge in [0.15, 0.2) is 0 Å². The average molecular weight is 193 g/mol. The van der Waals surface area contributed by atoms with Crippen LogP contribution < -0.4 is 0 Å². The Morgan fingerprint density at radius 3 is 2.00 bits per heavy atom. The molecule has 1 unspecified atom stereocenters. The van der Waals surface area contributed by atoms with Crippen LogP contribution in [0.5, 0.6) is 0 Å². The van der Waals surface area contributed by atoms with Crippen LogP contribution in [0.3, 0.4) is 0 Å². The third kappa shape index (κ3) is 3.16. The maximum atomic E-state index is 6.22. The van der Waals surface area contributed by atoms with Gasteiger partial charge in [0.2, 0.25) is 0 Å². The van der Waals surface area contributed by atoms with E-state index in [1.165, 1.54) is 25.7 Å². The molecule has 0 aliphatic heterocycles. The highest BCUT2D eigenvalue weighted by Gasteiger charge is 2.24. The van der Waals surface area contributed by atoms with Crippen molar-refractivity contribution in [2.45, 2.75) is 44.9 Å². The number of hydrogen-bond donors (Lipinski definition) is 0. The van der Waals surface area contributed by atoms with Gasteiger partial charge in [0.05, 0.1) is 0 Å². The number of hydrogen-bond acceptors (Lipinski definition) is 0. The van der Waals surface area contributed by atoms with Gasteiger partial charge in [0.1, 0.15) is 0 Å². The first-order valence-corrected chi connectivity index (χ1v) is 4.79. The van der Waals surface area contributed by atoms with Gasteiger partial charge in [-0.05, 0) is 35.6 Å². The average Bonchev–Trinajstić information content (AvgIpc) is 2.36. The summed E-state index contributed by atoms with van der Waals surface area (Å²) >= 11 is 6.22. The van der Waals surface area contributed by atoms with Crippen LogP contribution in [0.2, 0.25) is 0 Å². The molecule has 0 aromatic carbocycles. The van der Waals surface area contributed by atoms with Crippen LogP contribution in [0.15, 0.2) is 0 Å². The van der Waals surface area contributed by atoms with Crippen molar-refractivity contribution >= 4 is 22.6 Å². The van der Waals surface area contributed by atoms with Gasteiger partial charge in [0, 0.05) is 5.38 Å². The molecule has 1 aliphatic rings. The second-order valence-corrected chi connectivity index (χ2v) is 4.24. The highest BCUT2D eigenvalue weighted by molar-refractivity contribution is 6.20. The summed E-state index contributed by atoms with van der Waals surface area (Å²) in [6.07, 6.45) is 5.54. The Morgan fingerprint density at radius 2 is 1.64 bits per heavy atom. The fourth-order valence-corrected chi connectivity index (χ4v) is 2.07. The van der Waals surface area contributed by atoms with Gasteiger partial charge in [0.25, 0.3) is 0 Å². The summed E-state index contributed by atoms with van der Waals surface area (Å²) in [5.74, 6) is 1.48. The van der Waals surface area contributed by atoms with E-state index in [-0.39, 0.29) is 11.0 Å². The molecule has 0 radical (unpaired) electrons. The highest BCUT2D eigenvalue weighted by Crippen LogP contribution is 2.33. The van der Waals surface area contributed by atoms with E-state index < -0.39 is 0 Å². The van der Waals surface area contributed by atoms with Crippen molar-refractivity contribution in [1.29, 1.82) is 0 Å². The standard InChI is InChI=1S/C9H17Cl.H4Si/c1-7(2)9(10)8-5-3-4-6-8;/h7-9H,3-6H2,1-2H3;1H4. The summed E-state index contributed by atoms with van der Waals surface area (Å²) < 4.78 is 0. The molecule has 68 valence electrons. The van der Waals surface area contributed by atoms with Crippen molar-refractivity contribution in [2.24, 2.45) is 11.8 Å². The van der Waals surface area contributed by atoms with Crippen molar-refractivity contribution in [1.82, 2.24) is 0 Å². The Morgan fingerprint density at radius 1 is 1.18 bits per heavy atom. The summed E-state index contributed by atoms with van der Waals surface area (Å²) in [6, 6.07) is 0. The van der Waals surface area contributed by atoms with E-state index in [2.05, 4.69) is 13.8 Å². The minimum Gasteiger partial charge on any atom is -0.122 e. The van der Waals surface area contributed by atoms with Gasteiger partial charge in [-0.1, -0.05) is 26.7 Å². The van der Waals surface area contributed by atoms with E-state index in [0.717, 1.165) is 5.92 Å². The first-order valence-electron chi connectivity index (χ1n) is 4.36. The largest absolute Gasteiger partial charge is 0.122 e. The Bertz CT molecular complexity index is 97.7. The van der Waals surface area contributed by atoms with Crippen LogP contribution in [0.4, 0.5) is 0 Å². The number of rotatable bonds is 2. The fraction of sp³-hybridized carbons (Fsp3) is 1.00. The molecule has 0 aromatic heterocycles. The monoisotopic (exact) mass is 192 g/mol. The van der Waals surface area contributed by atoms with E-state index in [0.29, 0.717) is 11.3 Å². The van der Waals surface area contributed by atoms with E-state index >= 15 is 0 Å². The normalized spacial score (nSPS) is 21.8. The lowest BCUT2D eigenvalue weighted by molar-refractivity contribution is 0.429. The molecule has 0 amide bonds. The highest BCUT2D eigenvalue weighted by atomic mass is 35.5. The molecule has 1 saturated carbocycles. The zero-order chi connectivity index (χ0) is 7.56. The summed E-state index contributed by atoms with van der Waals surface area (Å²) in [5, 5.41) is 0.433. The molecule has 2 heteroatoms. The molecular formula is C9H21ClSi. The molecule has 0 nitrogen and oxygen atoms in total. The maximum Gasteiger partial charge on any atom is 0.0387 e. The maximum absolute atomic E-state index is 6.22. The summed E-state index contributed by atoms with van der Waals surface area (Å²) in [4.78, 5) is 0. The van der Waals surface area contributed by atoms with Crippen LogP contribution in [0.25, 0.3) is 0 Å². The van der Waals surface area contributed by atoms with Gasteiger partial charge in [-0.25, -0.2) is 0 Å². The minimum atomic E-state index is 0. The Hall–Kier alpha value is 0.507. The van der Waals surface area contributed by atoms with Crippen molar-refractivity contribution in [2.75, 3.05) is 0 Å². The Balaban J connectivity index is 0.000001000. The van der Waals surface area contributed by atoms with Crippen LogP contribution >= 0.6 is 11.6 Å². The Kier molecular flexibility index (Phi) is 5.45. The lowest BCUT2D eigenvalue weighted by atomic mass is 9.95. The summed E-state index contributed by atoms with van der Waals surface area (Å²) in [7, 11) is 0. The van der Waals surface area contributed by atoms with Crippen molar-refractivity contribution < 1.29 is 0 Å². The summed E-state index contributed by atoms with van der Waals surface area (Å²) in [6.45, 7) is 4.44. The quantitative estimate of drug-likeness (QED) is 0.464. The zero-order valence-electron chi connectivity index (χ0n) is 6.94. The second kappa shape index (κ2) is 5.21. The van der Waals surface area contributed by atoms with Gasteiger partial charge < -0.3 is 0 Å². The third-order valence-electron chi connectivity index (χ3n) is 2.49. The lowest BCUT2D eigenvalue weighted by Crippen LogP contribution is -2.17. The minimum absolute atomic E-state index is 0. The molecule has 0 N–H and O–H groups in total. The molecule has 0 heterocycles. The first kappa shape index (κ1) is 11.5. The topological polar surface area (TPSA) is 0 Å². The van der Waals surface area contributed by atoms with Crippen molar-refractivity contribution in [3.63, 3.8) is 0 Å². The molecule has 1 rings (SSSR count). The van der Waals surface area contributed by atoms with E-state index in [1.54, 1.807) is 0 Å². The molecule has 0 spiro atoms. The SMILES string of the molecule is CC(C)C(Cl)C1CCCC1.[SiH4]. The predicted molar refractivity (Wildman–Crippen MR) is 57.8 cm³/mol. The molecular weight excluding hydrogens is 172 g/mol. The zero-order valence-corrected chi connectivity index (χ0v) is 7.69. The molecule has 1 fully saturated rings. The van der Waals surface area contributed by atoms with Crippen LogP contribution in [-0.4, -0.2) is 16.3 Å². The van der Waals surface area contributed by atoms with E-state index in [4.69, 9.17) is 11.6 Å². The smallest absolute Gasteiger partial charge is 0.0387 e. The van der Waals surface area contributed by atoms with Gasteiger partial charge >= 0.3 is 0 Å². The lowest BCUT2D eigenvalue weighted by Gasteiger charge is -2.19. The Labute approximate surface area is 79.7 Å². The van der Waals surface area contributed by atoms with Gasteiger partial charge in [-0.15, -0.1) is 11.6 Å². The second-order valence-electron chi connectivity index (χ2n) is 3.73. The molecule has 1 atom stereocenters. The molecule has 11 heavy (non-hydrogen) atoms. The molecule has 0 bridgehead atoms. The third-order valence-corrected chi connectivity index (χ3v) is 3.35.